The van der Waals surface area contributed by atoms with E-state index in [2.05, 4.69) is 24.5 Å². The summed E-state index contributed by atoms with van der Waals surface area (Å²) in [6, 6.07) is 7.56. The van der Waals surface area contributed by atoms with Crippen molar-refractivity contribution < 1.29 is 14.0 Å². The number of rotatable bonds is 5. The van der Waals surface area contributed by atoms with Gasteiger partial charge in [-0.15, -0.1) is 0 Å². The summed E-state index contributed by atoms with van der Waals surface area (Å²) in [7, 11) is -1.61. The molecule has 22 heavy (non-hydrogen) atoms. The summed E-state index contributed by atoms with van der Waals surface area (Å²) in [5.74, 6) is 0.994. The van der Waals surface area contributed by atoms with Crippen LogP contribution < -0.4 is 4.43 Å². The number of hydrogen-bond acceptors (Lipinski definition) is 4. The molecule has 1 aliphatic rings. The van der Waals surface area contributed by atoms with Crippen LogP contribution in [-0.2, 0) is 4.74 Å². The molecule has 0 bridgehead atoms. The number of hydrogen-bond donors (Lipinski definition) is 0. The molecule has 0 saturated carbocycles. The standard InChI is InChI=1S/C17H27NO3Si/c1-17(2,18-10-12-20-13-11-18)16(19)14-6-8-15(9-7-14)21-22(3,4)5/h6-9H,10-13H2,1-5H3. The first kappa shape index (κ1) is 17.2. The molecular weight excluding hydrogens is 294 g/mol. The van der Waals surface area contributed by atoms with Gasteiger partial charge < -0.3 is 9.16 Å². The third-order valence-corrected chi connectivity index (χ3v) is 4.75. The third-order valence-electron chi connectivity index (χ3n) is 3.90. The zero-order valence-electron chi connectivity index (χ0n) is 14.3. The van der Waals surface area contributed by atoms with Gasteiger partial charge in [0.25, 0.3) is 0 Å². The zero-order valence-corrected chi connectivity index (χ0v) is 15.3. The van der Waals surface area contributed by atoms with Crippen molar-refractivity contribution in [3.8, 4) is 5.75 Å². The molecule has 5 heteroatoms. The molecule has 0 radical (unpaired) electrons. The van der Waals surface area contributed by atoms with E-state index in [0.29, 0.717) is 13.2 Å². The van der Waals surface area contributed by atoms with E-state index in [1.807, 2.05) is 38.1 Å². The van der Waals surface area contributed by atoms with Gasteiger partial charge >= 0.3 is 0 Å². The van der Waals surface area contributed by atoms with Crippen LogP contribution >= 0.6 is 0 Å². The molecule has 122 valence electrons. The second-order valence-corrected chi connectivity index (χ2v) is 11.7. The molecule has 1 aromatic rings. The second-order valence-electron chi connectivity index (χ2n) is 7.23. The average Bonchev–Trinajstić information content (AvgIpc) is 2.46. The van der Waals surface area contributed by atoms with Crippen molar-refractivity contribution in [1.82, 2.24) is 4.90 Å². The molecule has 1 aliphatic heterocycles. The van der Waals surface area contributed by atoms with Crippen molar-refractivity contribution in [2.24, 2.45) is 0 Å². The van der Waals surface area contributed by atoms with Crippen LogP contribution in [0.4, 0.5) is 0 Å². The largest absolute Gasteiger partial charge is 0.544 e. The number of carbonyl (C=O) groups is 1. The highest BCUT2D eigenvalue weighted by Gasteiger charge is 2.35. The van der Waals surface area contributed by atoms with E-state index in [9.17, 15) is 4.79 Å². The molecule has 0 atom stereocenters. The molecule has 0 unspecified atom stereocenters. The molecule has 0 aliphatic carbocycles. The normalized spacial score (nSPS) is 17.3. The van der Waals surface area contributed by atoms with Crippen LogP contribution in [0.15, 0.2) is 24.3 Å². The van der Waals surface area contributed by atoms with E-state index in [1.54, 1.807) is 0 Å². The third kappa shape index (κ3) is 4.18. The number of morpholine rings is 1. The van der Waals surface area contributed by atoms with Gasteiger partial charge in [-0.2, -0.15) is 0 Å². The van der Waals surface area contributed by atoms with Gasteiger partial charge in [-0.3, -0.25) is 9.69 Å². The van der Waals surface area contributed by atoms with Crippen molar-refractivity contribution in [3.63, 3.8) is 0 Å². The Balaban J connectivity index is 2.11. The summed E-state index contributed by atoms with van der Waals surface area (Å²) in [6.45, 7) is 13.4. The van der Waals surface area contributed by atoms with Crippen molar-refractivity contribution in [2.45, 2.75) is 39.0 Å². The van der Waals surface area contributed by atoms with Gasteiger partial charge in [0.15, 0.2) is 5.78 Å². The minimum Gasteiger partial charge on any atom is -0.544 e. The summed E-state index contributed by atoms with van der Waals surface area (Å²) in [4.78, 5) is 15.0. The molecular formula is C17H27NO3Si. The molecule has 0 aromatic heterocycles. The monoisotopic (exact) mass is 321 g/mol. The average molecular weight is 321 g/mol. The Morgan fingerprint density at radius 3 is 2.18 bits per heavy atom. The molecule has 1 aromatic carbocycles. The lowest BCUT2D eigenvalue weighted by molar-refractivity contribution is -0.00429. The molecule has 0 spiro atoms. The summed E-state index contributed by atoms with van der Waals surface area (Å²) in [5.41, 5.74) is 0.227. The van der Waals surface area contributed by atoms with Crippen LogP contribution in [0.3, 0.4) is 0 Å². The molecule has 2 rings (SSSR count). The van der Waals surface area contributed by atoms with E-state index in [-0.39, 0.29) is 5.78 Å². The maximum atomic E-state index is 12.8. The number of nitrogens with zero attached hydrogens (tertiary/aromatic N) is 1. The predicted octanol–water partition coefficient (Wildman–Crippen LogP) is 3.19. The van der Waals surface area contributed by atoms with Gasteiger partial charge in [0.05, 0.1) is 18.8 Å². The predicted molar refractivity (Wildman–Crippen MR) is 91.2 cm³/mol. The maximum absolute atomic E-state index is 12.8. The summed E-state index contributed by atoms with van der Waals surface area (Å²) < 4.78 is 11.3. The van der Waals surface area contributed by atoms with Gasteiger partial charge in [0.1, 0.15) is 5.75 Å². The molecule has 4 nitrogen and oxygen atoms in total. The molecule has 1 fully saturated rings. The number of carbonyl (C=O) groups excluding carboxylic acids is 1. The van der Waals surface area contributed by atoms with Crippen LogP contribution in [0.5, 0.6) is 5.75 Å². The van der Waals surface area contributed by atoms with E-state index >= 15 is 0 Å². The number of benzene rings is 1. The topological polar surface area (TPSA) is 38.8 Å². The molecule has 0 N–H and O–H groups in total. The van der Waals surface area contributed by atoms with Gasteiger partial charge in [-0.1, -0.05) is 0 Å². The molecule has 1 saturated heterocycles. The summed E-state index contributed by atoms with van der Waals surface area (Å²) in [6.07, 6.45) is 0. The fraction of sp³-hybridized carbons (Fsp3) is 0.588. The van der Waals surface area contributed by atoms with Gasteiger partial charge in [-0.05, 0) is 57.8 Å². The lowest BCUT2D eigenvalue weighted by atomic mass is 9.91. The lowest BCUT2D eigenvalue weighted by Gasteiger charge is -2.39. The van der Waals surface area contributed by atoms with Crippen molar-refractivity contribution >= 4 is 14.1 Å². The Morgan fingerprint density at radius 1 is 1.14 bits per heavy atom. The highest BCUT2D eigenvalue weighted by Crippen LogP contribution is 2.24. The minimum atomic E-state index is -1.61. The van der Waals surface area contributed by atoms with Crippen LogP contribution in [0.2, 0.25) is 19.6 Å². The van der Waals surface area contributed by atoms with Crippen LogP contribution in [0.25, 0.3) is 0 Å². The number of Topliss-reactive ketones (excluding diaryl/α,β-unsaturated/α-hetero) is 1. The zero-order chi connectivity index (χ0) is 16.4. The molecule has 0 amide bonds. The van der Waals surface area contributed by atoms with Crippen LogP contribution in [0.1, 0.15) is 24.2 Å². The van der Waals surface area contributed by atoms with Crippen molar-refractivity contribution in [1.29, 1.82) is 0 Å². The Bertz CT molecular complexity index is 514. The second kappa shape index (κ2) is 6.52. The van der Waals surface area contributed by atoms with E-state index in [0.717, 1.165) is 24.4 Å². The number of ketones is 1. The fourth-order valence-corrected chi connectivity index (χ4v) is 3.49. The van der Waals surface area contributed by atoms with E-state index < -0.39 is 13.9 Å². The first-order chi connectivity index (χ1) is 10.2. The Hall–Kier alpha value is -1.17. The van der Waals surface area contributed by atoms with Crippen molar-refractivity contribution in [2.75, 3.05) is 26.3 Å². The minimum absolute atomic E-state index is 0.147. The first-order valence-corrected chi connectivity index (χ1v) is 11.3. The van der Waals surface area contributed by atoms with E-state index in [4.69, 9.17) is 9.16 Å². The SMILES string of the molecule is CC(C)(C(=O)c1ccc(O[Si](C)(C)C)cc1)N1CCOCC1. The van der Waals surface area contributed by atoms with Gasteiger partial charge in [0, 0.05) is 18.7 Å². The number of ether oxygens (including phenoxy) is 1. The Morgan fingerprint density at radius 2 is 1.68 bits per heavy atom. The highest BCUT2D eigenvalue weighted by molar-refractivity contribution is 6.70. The fourth-order valence-electron chi connectivity index (χ4n) is 2.65. The van der Waals surface area contributed by atoms with Crippen molar-refractivity contribution in [3.05, 3.63) is 29.8 Å². The van der Waals surface area contributed by atoms with Crippen LogP contribution in [0, 0.1) is 0 Å². The van der Waals surface area contributed by atoms with Gasteiger partial charge in [0.2, 0.25) is 8.32 Å². The maximum Gasteiger partial charge on any atom is 0.242 e. The summed E-state index contributed by atoms with van der Waals surface area (Å²) in [5, 5.41) is 0. The Labute approximate surface area is 134 Å². The lowest BCUT2D eigenvalue weighted by Crippen LogP contribution is -2.54. The quantitative estimate of drug-likeness (QED) is 0.617. The smallest absolute Gasteiger partial charge is 0.242 e. The Kier molecular flexibility index (Phi) is 5.09. The van der Waals surface area contributed by atoms with Crippen LogP contribution in [-0.4, -0.2) is 50.8 Å². The van der Waals surface area contributed by atoms with Gasteiger partial charge in [-0.25, -0.2) is 0 Å². The highest BCUT2D eigenvalue weighted by atomic mass is 28.4. The molecule has 1 heterocycles. The first-order valence-electron chi connectivity index (χ1n) is 7.87. The van der Waals surface area contributed by atoms with E-state index in [1.165, 1.54) is 0 Å². The summed E-state index contributed by atoms with van der Waals surface area (Å²) >= 11 is 0.